The molecule has 2 rings (SSSR count). The molecule has 2 aromatic rings. The van der Waals surface area contributed by atoms with Crippen LogP contribution in [0.5, 0.6) is 0 Å². The van der Waals surface area contributed by atoms with Crippen molar-refractivity contribution in [3.05, 3.63) is 28.4 Å². The monoisotopic (exact) mass is 254 g/mol. The van der Waals surface area contributed by atoms with Crippen LogP contribution in [0.25, 0.3) is 10.9 Å². The maximum atomic E-state index is 9.91. The molecule has 1 aromatic carbocycles. The van der Waals surface area contributed by atoms with Gasteiger partial charge in [-0.3, -0.25) is 5.10 Å². The lowest BCUT2D eigenvalue weighted by atomic mass is 10.0. The molecule has 0 fully saturated rings. The van der Waals surface area contributed by atoms with E-state index in [1.54, 1.807) is 13.8 Å². The summed E-state index contributed by atoms with van der Waals surface area (Å²) in [6.45, 7) is 3.47. The summed E-state index contributed by atoms with van der Waals surface area (Å²) in [4.78, 5) is 0. The zero-order chi connectivity index (χ0) is 10.3. The first-order valence-electron chi connectivity index (χ1n) is 4.35. The van der Waals surface area contributed by atoms with Gasteiger partial charge in [0.25, 0.3) is 0 Å². The van der Waals surface area contributed by atoms with Crippen LogP contribution in [0.15, 0.2) is 22.7 Å². The number of nitrogens with zero attached hydrogens (tertiary/aromatic N) is 1. The number of aliphatic hydroxyl groups is 1. The number of halogens is 1. The molecule has 0 bridgehead atoms. The van der Waals surface area contributed by atoms with Crippen molar-refractivity contribution in [2.45, 2.75) is 19.4 Å². The highest BCUT2D eigenvalue weighted by Crippen LogP contribution is 2.31. The maximum Gasteiger partial charge on any atom is 0.101 e. The summed E-state index contributed by atoms with van der Waals surface area (Å²) in [7, 11) is 0. The van der Waals surface area contributed by atoms with Crippen LogP contribution >= 0.6 is 15.9 Å². The lowest BCUT2D eigenvalue weighted by molar-refractivity contribution is 0.0752. The minimum Gasteiger partial charge on any atom is -0.384 e. The fourth-order valence-electron chi connectivity index (χ4n) is 1.47. The van der Waals surface area contributed by atoms with Crippen molar-refractivity contribution >= 4 is 26.8 Å². The van der Waals surface area contributed by atoms with Gasteiger partial charge in [0.05, 0.1) is 11.2 Å². The molecule has 0 radical (unpaired) electrons. The van der Waals surface area contributed by atoms with Crippen molar-refractivity contribution in [2.24, 2.45) is 0 Å². The second-order valence-corrected chi connectivity index (χ2v) is 4.65. The van der Waals surface area contributed by atoms with Crippen LogP contribution in [0.3, 0.4) is 0 Å². The number of fused-ring (bicyclic) bond motifs is 1. The molecule has 14 heavy (non-hydrogen) atoms. The van der Waals surface area contributed by atoms with Gasteiger partial charge in [0.15, 0.2) is 0 Å². The summed E-state index contributed by atoms with van der Waals surface area (Å²) in [6.07, 6.45) is 0. The molecule has 3 nitrogen and oxygen atoms in total. The molecule has 0 saturated heterocycles. The van der Waals surface area contributed by atoms with Gasteiger partial charge in [0.1, 0.15) is 5.60 Å². The van der Waals surface area contributed by atoms with Crippen LogP contribution in [0.4, 0.5) is 0 Å². The van der Waals surface area contributed by atoms with Crippen LogP contribution in [0.2, 0.25) is 0 Å². The quantitative estimate of drug-likeness (QED) is 0.822. The maximum absolute atomic E-state index is 9.91. The molecule has 0 aliphatic carbocycles. The number of rotatable bonds is 1. The number of hydrogen-bond donors (Lipinski definition) is 2. The minimum atomic E-state index is -0.904. The Morgan fingerprint density at radius 2 is 2.14 bits per heavy atom. The zero-order valence-electron chi connectivity index (χ0n) is 8.00. The summed E-state index contributed by atoms with van der Waals surface area (Å²) in [6, 6.07) is 5.76. The Morgan fingerprint density at radius 1 is 1.43 bits per heavy atom. The zero-order valence-corrected chi connectivity index (χ0v) is 9.59. The van der Waals surface area contributed by atoms with Gasteiger partial charge in [-0.2, -0.15) is 5.10 Å². The number of hydrogen-bond acceptors (Lipinski definition) is 2. The Balaban J connectivity index is 2.80. The standard InChI is InChI=1S/C10H11BrN2O/c1-10(2,14)9-8-6(11)4-3-5-7(8)12-13-9/h3-5,14H,1-2H3,(H,12,13). The fraction of sp³-hybridized carbons (Fsp3) is 0.300. The van der Waals surface area contributed by atoms with E-state index < -0.39 is 5.60 Å². The van der Waals surface area contributed by atoms with Gasteiger partial charge in [-0.15, -0.1) is 0 Å². The smallest absolute Gasteiger partial charge is 0.101 e. The summed E-state index contributed by atoms with van der Waals surface area (Å²) < 4.78 is 0.945. The second-order valence-electron chi connectivity index (χ2n) is 3.79. The van der Waals surface area contributed by atoms with Gasteiger partial charge >= 0.3 is 0 Å². The normalized spacial score (nSPS) is 12.3. The van der Waals surface area contributed by atoms with E-state index in [1.165, 1.54) is 0 Å². The predicted molar refractivity (Wildman–Crippen MR) is 59.0 cm³/mol. The van der Waals surface area contributed by atoms with E-state index in [0.717, 1.165) is 21.1 Å². The van der Waals surface area contributed by atoms with E-state index in [9.17, 15) is 5.11 Å². The number of H-pyrrole nitrogens is 1. The molecule has 0 aliphatic rings. The van der Waals surface area contributed by atoms with Crippen LogP contribution in [0, 0.1) is 0 Å². The Labute approximate surface area is 90.3 Å². The molecule has 0 spiro atoms. The molecule has 0 saturated carbocycles. The van der Waals surface area contributed by atoms with E-state index in [0.29, 0.717) is 0 Å². The molecule has 2 N–H and O–H groups in total. The SMILES string of the molecule is CC(C)(O)c1[nH]nc2cccc(Br)c12. The van der Waals surface area contributed by atoms with E-state index >= 15 is 0 Å². The van der Waals surface area contributed by atoms with Crippen molar-refractivity contribution in [2.75, 3.05) is 0 Å². The first-order chi connectivity index (χ1) is 6.50. The Kier molecular flexibility index (Phi) is 2.12. The van der Waals surface area contributed by atoms with Gasteiger partial charge < -0.3 is 5.11 Å². The van der Waals surface area contributed by atoms with Crippen molar-refractivity contribution in [3.63, 3.8) is 0 Å². The van der Waals surface area contributed by atoms with Crippen molar-refractivity contribution in [3.8, 4) is 0 Å². The lowest BCUT2D eigenvalue weighted by Gasteiger charge is -2.15. The Morgan fingerprint density at radius 3 is 2.79 bits per heavy atom. The van der Waals surface area contributed by atoms with Gasteiger partial charge in [0, 0.05) is 9.86 Å². The highest BCUT2D eigenvalue weighted by molar-refractivity contribution is 9.10. The van der Waals surface area contributed by atoms with E-state index in [1.807, 2.05) is 18.2 Å². The predicted octanol–water partition coefficient (Wildman–Crippen LogP) is 2.55. The van der Waals surface area contributed by atoms with Crippen molar-refractivity contribution in [1.29, 1.82) is 0 Å². The first-order valence-corrected chi connectivity index (χ1v) is 5.15. The number of nitrogens with one attached hydrogen (secondary N) is 1. The van der Waals surface area contributed by atoms with Crippen molar-refractivity contribution in [1.82, 2.24) is 10.2 Å². The summed E-state index contributed by atoms with van der Waals surface area (Å²) in [5.74, 6) is 0. The molecule has 4 heteroatoms. The van der Waals surface area contributed by atoms with Gasteiger partial charge in [-0.05, 0) is 26.0 Å². The van der Waals surface area contributed by atoms with Crippen LogP contribution in [0.1, 0.15) is 19.5 Å². The van der Waals surface area contributed by atoms with Gasteiger partial charge in [-0.1, -0.05) is 22.0 Å². The molecule has 1 heterocycles. The summed E-state index contributed by atoms with van der Waals surface area (Å²) in [5.41, 5.74) is 0.690. The molecule has 0 atom stereocenters. The Hall–Kier alpha value is -0.870. The van der Waals surface area contributed by atoms with Crippen LogP contribution in [-0.2, 0) is 5.60 Å². The van der Waals surface area contributed by atoms with Crippen LogP contribution in [-0.4, -0.2) is 15.3 Å². The molecular weight excluding hydrogens is 244 g/mol. The van der Waals surface area contributed by atoms with Crippen LogP contribution < -0.4 is 0 Å². The summed E-state index contributed by atoms with van der Waals surface area (Å²) in [5, 5.41) is 17.8. The Bertz CT molecular complexity index is 470. The third-order valence-electron chi connectivity index (χ3n) is 2.14. The lowest BCUT2D eigenvalue weighted by Crippen LogP contribution is -2.16. The molecular formula is C10H11BrN2O. The number of aromatic nitrogens is 2. The number of benzene rings is 1. The van der Waals surface area contributed by atoms with E-state index in [-0.39, 0.29) is 0 Å². The minimum absolute atomic E-state index is 0.736. The second kappa shape index (κ2) is 3.07. The summed E-state index contributed by atoms with van der Waals surface area (Å²) >= 11 is 3.45. The average Bonchev–Trinajstić information content (AvgIpc) is 2.47. The molecule has 74 valence electrons. The molecule has 0 unspecified atom stereocenters. The fourth-order valence-corrected chi connectivity index (χ4v) is 2.02. The largest absolute Gasteiger partial charge is 0.384 e. The van der Waals surface area contributed by atoms with Crippen molar-refractivity contribution < 1.29 is 5.11 Å². The first kappa shape index (κ1) is 9.68. The highest BCUT2D eigenvalue weighted by atomic mass is 79.9. The molecule has 0 aliphatic heterocycles. The van der Waals surface area contributed by atoms with Gasteiger partial charge in [0.2, 0.25) is 0 Å². The molecule has 1 aromatic heterocycles. The average molecular weight is 255 g/mol. The third kappa shape index (κ3) is 1.44. The van der Waals surface area contributed by atoms with E-state index in [4.69, 9.17) is 0 Å². The number of aromatic amines is 1. The highest BCUT2D eigenvalue weighted by Gasteiger charge is 2.22. The molecule has 0 amide bonds. The van der Waals surface area contributed by atoms with Gasteiger partial charge in [-0.25, -0.2) is 0 Å². The van der Waals surface area contributed by atoms with E-state index in [2.05, 4.69) is 26.1 Å². The third-order valence-corrected chi connectivity index (χ3v) is 2.80. The topological polar surface area (TPSA) is 48.9 Å².